The molecule has 0 bridgehead atoms. The Hall–Kier alpha value is 7.24. The Labute approximate surface area is 242 Å². The topological polar surface area (TPSA) is 118 Å². The van der Waals surface area contributed by atoms with E-state index in [4.69, 9.17) is 0 Å². The molecular formula is N2O2Sr5. The van der Waals surface area contributed by atoms with Gasteiger partial charge in [-0.1, -0.05) is 0 Å². The Morgan fingerprint density at radius 2 is 0.333 bits per heavy atom. The molecule has 0 radical (unpaired) electrons. The van der Waals surface area contributed by atoms with Crippen LogP contribution in [0.2, 0.25) is 0 Å². The fraction of sp³-hybridized carbons (Fsp3) is 0. The van der Waals surface area contributed by atoms with Crippen LogP contribution < -0.4 is 0 Å². The molecule has 0 aromatic rings. The Bertz CT molecular complexity index is 12.9. The van der Waals surface area contributed by atoms with Gasteiger partial charge in [0.05, 0.1) is 0 Å². The van der Waals surface area contributed by atoms with Gasteiger partial charge in [-0.3, -0.25) is 0 Å². The van der Waals surface area contributed by atoms with Crippen molar-refractivity contribution in [2.45, 2.75) is 0 Å². The van der Waals surface area contributed by atoms with Crippen LogP contribution in [-0.4, -0.2) is 227 Å². The molecule has 0 aromatic carbocycles. The Morgan fingerprint density at radius 1 is 0.333 bits per heavy atom. The van der Waals surface area contributed by atoms with Crippen molar-refractivity contribution in [2.75, 3.05) is 0 Å². The monoisotopic (exact) mass is 500 g/mol. The number of hydrogen-bond acceptors (Lipinski definition) is 0. The third kappa shape index (κ3) is 51.0. The van der Waals surface area contributed by atoms with Crippen molar-refractivity contribution in [2.24, 2.45) is 0 Å². The Morgan fingerprint density at radius 3 is 0.333 bits per heavy atom. The van der Waals surface area contributed by atoms with E-state index in [1.165, 1.54) is 0 Å². The fourth-order valence-corrected chi connectivity index (χ4v) is 0. The van der Waals surface area contributed by atoms with Gasteiger partial charge in [0.1, 0.15) is 0 Å². The van der Waals surface area contributed by atoms with Crippen LogP contribution >= 0.6 is 0 Å². The van der Waals surface area contributed by atoms with Crippen LogP contribution in [0.4, 0.5) is 0 Å². The molecule has 0 spiro atoms. The zero-order valence-electron chi connectivity index (χ0n) is 5.25. The maximum Gasteiger partial charge on any atom is 2.00 e. The van der Waals surface area contributed by atoms with Crippen molar-refractivity contribution < 1.29 is 11.0 Å². The van der Waals surface area contributed by atoms with E-state index in [0.717, 1.165) is 0 Å². The van der Waals surface area contributed by atoms with E-state index in [2.05, 4.69) is 0 Å². The molecule has 4 nitrogen and oxygen atoms in total. The molecule has 0 amide bonds. The largest absolute Gasteiger partial charge is 3.00 e. The van der Waals surface area contributed by atoms with Crippen LogP contribution in [0.25, 0.3) is 12.3 Å². The molecule has 0 aliphatic rings. The Kier molecular flexibility index (Phi) is 471. The first-order valence-electron chi connectivity index (χ1n) is 0. The van der Waals surface area contributed by atoms with Crippen molar-refractivity contribution in [1.29, 1.82) is 0 Å². The van der Waals surface area contributed by atoms with E-state index in [1.54, 1.807) is 0 Å². The summed E-state index contributed by atoms with van der Waals surface area (Å²) in [6, 6.07) is 0. The van der Waals surface area contributed by atoms with Gasteiger partial charge < -0.3 is 23.3 Å². The minimum Gasteiger partial charge on any atom is -3.00 e. The van der Waals surface area contributed by atoms with Gasteiger partial charge in [0.15, 0.2) is 0 Å². The van der Waals surface area contributed by atoms with E-state index in [-0.39, 0.29) is 251 Å². The van der Waals surface area contributed by atoms with Gasteiger partial charge in [0.25, 0.3) is 0 Å². The van der Waals surface area contributed by atoms with Crippen molar-refractivity contribution >= 4 is 227 Å². The summed E-state index contributed by atoms with van der Waals surface area (Å²) in [5.41, 5.74) is 0. The van der Waals surface area contributed by atoms with Crippen LogP contribution in [0, 0.1) is 0 Å². The summed E-state index contributed by atoms with van der Waals surface area (Å²) in [4.78, 5) is 0. The van der Waals surface area contributed by atoms with Crippen LogP contribution in [0.5, 0.6) is 0 Å². The van der Waals surface area contributed by atoms with Crippen LogP contribution in [0.3, 0.4) is 0 Å². The molecule has 0 aromatic heterocycles. The molecule has 0 N–H and O–H groups in total. The maximum atomic E-state index is 0. The second-order valence-corrected chi connectivity index (χ2v) is 0. The molecule has 0 aliphatic carbocycles. The fourth-order valence-electron chi connectivity index (χ4n) is 0. The molecule has 0 fully saturated rings. The van der Waals surface area contributed by atoms with Gasteiger partial charge in [0.2, 0.25) is 0 Å². The quantitative estimate of drug-likeness (QED) is 0.360. The average Bonchev–Trinajstić information content (AvgIpc) is 0. The van der Waals surface area contributed by atoms with Gasteiger partial charge in [0, 0.05) is 0 Å². The normalized spacial score (nSPS) is 0. The van der Waals surface area contributed by atoms with Crippen LogP contribution in [0.15, 0.2) is 0 Å². The van der Waals surface area contributed by atoms with Crippen LogP contribution in [-0.2, 0) is 11.0 Å². The second kappa shape index (κ2) is 58.9. The van der Waals surface area contributed by atoms with Crippen molar-refractivity contribution in [3.63, 3.8) is 0 Å². The van der Waals surface area contributed by atoms with E-state index in [1.807, 2.05) is 0 Å². The van der Waals surface area contributed by atoms with E-state index in [0.29, 0.717) is 0 Å². The number of nitrogens with zero attached hydrogens (tertiary/aromatic N) is 2. The first-order chi connectivity index (χ1) is 0. The minimum absolute atomic E-state index is 0. The molecule has 0 saturated heterocycles. The standard InChI is InChI=1S/2N.2O.5Sr/q2*-3;2*-2;5*+2. The summed E-state index contributed by atoms with van der Waals surface area (Å²) in [6.07, 6.45) is 0. The predicted octanol–water partition coefficient (Wildman–Crippen LogP) is -1.56. The molecule has 32 valence electrons. The predicted molar refractivity (Wildman–Crippen MR) is 36.9 cm³/mol. The molecule has 0 saturated carbocycles. The van der Waals surface area contributed by atoms with E-state index >= 15 is 0 Å². The summed E-state index contributed by atoms with van der Waals surface area (Å²) in [5, 5.41) is 0. The first-order valence-corrected chi connectivity index (χ1v) is 0. The van der Waals surface area contributed by atoms with Gasteiger partial charge in [-0.2, -0.15) is 0 Å². The zero-order valence-corrected chi connectivity index (χ0v) is 22.6. The molecule has 0 atom stereocenters. The van der Waals surface area contributed by atoms with Gasteiger partial charge >= 0.3 is 227 Å². The average molecular weight is 498 g/mol. The SMILES string of the molecule is [N-3].[N-3].[O-2].[O-2].[Sr+2].[Sr+2].[Sr+2].[Sr+2].[Sr+2]. The Balaban J connectivity index is 0. The van der Waals surface area contributed by atoms with Gasteiger partial charge in [-0.05, 0) is 0 Å². The second-order valence-electron chi connectivity index (χ2n) is 0. The van der Waals surface area contributed by atoms with E-state index < -0.39 is 0 Å². The molecule has 0 aliphatic heterocycles. The summed E-state index contributed by atoms with van der Waals surface area (Å²) >= 11 is 0. The van der Waals surface area contributed by atoms with Gasteiger partial charge in [-0.25, -0.2) is 0 Å². The zero-order chi connectivity index (χ0) is 0. The smallest absolute Gasteiger partial charge is 2.00 e. The minimum atomic E-state index is 0. The first kappa shape index (κ1) is 71.9. The molecule has 0 heterocycles. The molecule has 0 unspecified atom stereocenters. The van der Waals surface area contributed by atoms with E-state index in [9.17, 15) is 0 Å². The molecule has 9 heavy (non-hydrogen) atoms. The van der Waals surface area contributed by atoms with Crippen molar-refractivity contribution in [1.82, 2.24) is 0 Å². The van der Waals surface area contributed by atoms with Gasteiger partial charge in [-0.15, -0.1) is 0 Å². The summed E-state index contributed by atoms with van der Waals surface area (Å²) in [6.45, 7) is 0. The molecule has 9 heteroatoms. The number of hydrogen-bond donors (Lipinski definition) is 0. The van der Waals surface area contributed by atoms with Crippen molar-refractivity contribution in [3.05, 3.63) is 12.3 Å². The molecule has 0 rings (SSSR count). The third-order valence-electron chi connectivity index (χ3n) is 0. The summed E-state index contributed by atoms with van der Waals surface area (Å²) in [5.74, 6) is 0. The maximum absolute atomic E-state index is 0. The molecular weight excluding hydrogens is 498 g/mol. The number of rotatable bonds is 0. The van der Waals surface area contributed by atoms with Crippen LogP contribution in [0.1, 0.15) is 0 Å². The summed E-state index contributed by atoms with van der Waals surface area (Å²) < 4.78 is 0. The third-order valence-corrected chi connectivity index (χ3v) is 0. The van der Waals surface area contributed by atoms with Crippen molar-refractivity contribution in [3.8, 4) is 0 Å². The summed E-state index contributed by atoms with van der Waals surface area (Å²) in [7, 11) is 0.